The van der Waals surface area contributed by atoms with Crippen LogP contribution in [-0.4, -0.2) is 25.7 Å². The number of pyridine rings is 1. The molecule has 3 rings (SSSR count). The molecule has 0 fully saturated rings. The Morgan fingerprint density at radius 3 is 2.75 bits per heavy atom. The first kappa shape index (κ1) is 20.4. The monoisotopic (exact) mass is 434 g/mol. The average molecular weight is 435 g/mol. The van der Waals surface area contributed by atoms with Crippen LogP contribution in [0, 0.1) is 0 Å². The van der Waals surface area contributed by atoms with E-state index in [1.54, 1.807) is 43.3 Å². The van der Waals surface area contributed by atoms with Gasteiger partial charge in [-0.3, -0.25) is 14.2 Å². The number of anilines is 1. The fraction of sp³-hybridized carbons (Fsp3) is 0.158. The predicted molar refractivity (Wildman–Crippen MR) is 114 cm³/mol. The Kier molecular flexibility index (Phi) is 6.39. The van der Waals surface area contributed by atoms with Gasteiger partial charge in [-0.2, -0.15) is 0 Å². The highest BCUT2D eigenvalue weighted by Crippen LogP contribution is 2.24. The minimum Gasteiger partial charge on any atom is -0.310 e. The number of halogens is 2. The maximum absolute atomic E-state index is 12.8. The summed E-state index contributed by atoms with van der Waals surface area (Å²) in [5.41, 5.74) is 0.267. The molecule has 1 N–H and O–H groups in total. The van der Waals surface area contributed by atoms with Crippen molar-refractivity contribution in [1.29, 1.82) is 0 Å². The maximum Gasteiger partial charge on any atom is 0.262 e. The molecule has 1 amide bonds. The van der Waals surface area contributed by atoms with Gasteiger partial charge in [0.2, 0.25) is 5.91 Å². The molecule has 28 heavy (non-hydrogen) atoms. The number of nitrogens with one attached hydrogen (secondary N) is 1. The first-order chi connectivity index (χ1) is 13.4. The molecule has 2 heterocycles. The second-order valence-corrected chi connectivity index (χ2v) is 8.05. The van der Waals surface area contributed by atoms with Gasteiger partial charge < -0.3 is 5.32 Å². The fourth-order valence-corrected chi connectivity index (χ4v) is 3.64. The van der Waals surface area contributed by atoms with Crippen molar-refractivity contribution in [2.24, 2.45) is 0 Å². The van der Waals surface area contributed by atoms with E-state index in [9.17, 15) is 9.59 Å². The highest BCUT2D eigenvalue weighted by molar-refractivity contribution is 8.00. The van der Waals surface area contributed by atoms with Crippen molar-refractivity contribution in [3.63, 3.8) is 0 Å². The normalized spacial score (nSPS) is 12.0. The van der Waals surface area contributed by atoms with E-state index in [4.69, 9.17) is 23.2 Å². The van der Waals surface area contributed by atoms with E-state index in [-0.39, 0.29) is 18.0 Å². The van der Waals surface area contributed by atoms with Crippen molar-refractivity contribution >= 4 is 57.6 Å². The van der Waals surface area contributed by atoms with Crippen LogP contribution in [0.15, 0.2) is 59.1 Å². The van der Waals surface area contributed by atoms with Crippen LogP contribution < -0.4 is 10.9 Å². The van der Waals surface area contributed by atoms with Crippen LogP contribution in [0.4, 0.5) is 5.82 Å². The molecule has 1 unspecified atom stereocenters. The molecular weight excluding hydrogens is 419 g/mol. The Balaban J connectivity index is 1.90. The van der Waals surface area contributed by atoms with Gasteiger partial charge in [0.05, 0.1) is 21.2 Å². The summed E-state index contributed by atoms with van der Waals surface area (Å²) < 4.78 is 1.48. The predicted octanol–water partition coefficient (Wildman–Crippen LogP) is 4.40. The molecule has 3 aromatic rings. The highest BCUT2D eigenvalue weighted by atomic mass is 35.5. The SMILES string of the molecule is C=CCn1c(SC(C)C(=O)Nc2ccc(Cl)cn2)nc2cc(Cl)ccc2c1=O. The first-order valence-corrected chi connectivity index (χ1v) is 9.92. The Labute approximate surface area is 175 Å². The lowest BCUT2D eigenvalue weighted by molar-refractivity contribution is -0.115. The number of allylic oxidation sites excluding steroid dienone is 1. The van der Waals surface area contributed by atoms with E-state index in [0.717, 1.165) is 0 Å². The molecule has 0 spiro atoms. The standard InChI is InChI=1S/C19H16Cl2N4O2S/c1-3-8-25-18(27)14-6-4-12(20)9-15(14)23-19(25)28-11(2)17(26)24-16-7-5-13(21)10-22-16/h3-7,9-11H,1,8H2,2H3,(H,22,24,26). The first-order valence-electron chi connectivity index (χ1n) is 8.29. The number of rotatable bonds is 6. The van der Waals surface area contributed by atoms with Gasteiger partial charge in [0.1, 0.15) is 5.82 Å². The van der Waals surface area contributed by atoms with Gasteiger partial charge in [-0.15, -0.1) is 6.58 Å². The minimum absolute atomic E-state index is 0.212. The molecule has 2 aromatic heterocycles. The zero-order valence-corrected chi connectivity index (χ0v) is 17.2. The van der Waals surface area contributed by atoms with Crippen LogP contribution in [0.2, 0.25) is 10.0 Å². The van der Waals surface area contributed by atoms with Crippen LogP contribution in [0.3, 0.4) is 0 Å². The number of fused-ring (bicyclic) bond motifs is 1. The second kappa shape index (κ2) is 8.77. The molecule has 144 valence electrons. The summed E-state index contributed by atoms with van der Waals surface area (Å²) in [5.74, 6) is 0.119. The number of thioether (sulfide) groups is 1. The lowest BCUT2D eigenvalue weighted by Gasteiger charge is -2.15. The molecule has 0 saturated heterocycles. The molecule has 0 aliphatic heterocycles. The number of aromatic nitrogens is 3. The van der Waals surface area contributed by atoms with E-state index < -0.39 is 5.25 Å². The number of carbonyl (C=O) groups excluding carboxylic acids is 1. The fourth-order valence-electron chi connectivity index (χ4n) is 2.44. The Morgan fingerprint density at radius 1 is 1.32 bits per heavy atom. The molecule has 0 aliphatic rings. The number of benzene rings is 1. The maximum atomic E-state index is 12.8. The summed E-state index contributed by atoms with van der Waals surface area (Å²) in [6.07, 6.45) is 3.06. The number of carbonyl (C=O) groups is 1. The quantitative estimate of drug-likeness (QED) is 0.353. The molecule has 1 aromatic carbocycles. The molecule has 0 aliphatic carbocycles. The van der Waals surface area contributed by atoms with Crippen LogP contribution >= 0.6 is 35.0 Å². The number of hydrogen-bond acceptors (Lipinski definition) is 5. The Bertz CT molecular complexity index is 1100. The summed E-state index contributed by atoms with van der Waals surface area (Å²) in [4.78, 5) is 33.9. The van der Waals surface area contributed by atoms with E-state index in [0.29, 0.717) is 31.9 Å². The summed E-state index contributed by atoms with van der Waals surface area (Å²) >= 11 is 13.0. The second-order valence-electron chi connectivity index (χ2n) is 5.87. The van der Waals surface area contributed by atoms with E-state index in [1.165, 1.54) is 22.5 Å². The Hall–Kier alpha value is -2.35. The number of amides is 1. The lowest BCUT2D eigenvalue weighted by Crippen LogP contribution is -2.27. The Morgan fingerprint density at radius 2 is 2.07 bits per heavy atom. The van der Waals surface area contributed by atoms with Crippen molar-refractivity contribution < 1.29 is 4.79 Å². The van der Waals surface area contributed by atoms with Crippen molar-refractivity contribution in [1.82, 2.24) is 14.5 Å². The molecule has 0 saturated carbocycles. The van der Waals surface area contributed by atoms with E-state index >= 15 is 0 Å². The van der Waals surface area contributed by atoms with Crippen LogP contribution in [0.1, 0.15) is 6.92 Å². The van der Waals surface area contributed by atoms with Crippen LogP contribution in [0.5, 0.6) is 0 Å². The largest absolute Gasteiger partial charge is 0.310 e. The summed E-state index contributed by atoms with van der Waals surface area (Å²) in [5, 5.41) is 4.01. The van der Waals surface area contributed by atoms with Gasteiger partial charge in [-0.25, -0.2) is 9.97 Å². The summed E-state index contributed by atoms with van der Waals surface area (Å²) in [6.45, 7) is 5.70. The van der Waals surface area contributed by atoms with Gasteiger partial charge in [0.25, 0.3) is 5.56 Å². The summed E-state index contributed by atoms with van der Waals surface area (Å²) in [6, 6.07) is 8.17. The number of hydrogen-bond donors (Lipinski definition) is 1. The van der Waals surface area contributed by atoms with Crippen molar-refractivity contribution in [2.75, 3.05) is 5.32 Å². The third-order valence-corrected chi connectivity index (χ3v) is 5.37. The third-order valence-electron chi connectivity index (χ3n) is 3.82. The molecule has 6 nitrogen and oxygen atoms in total. The minimum atomic E-state index is -0.530. The van der Waals surface area contributed by atoms with Crippen LogP contribution in [-0.2, 0) is 11.3 Å². The van der Waals surface area contributed by atoms with Gasteiger partial charge in [0.15, 0.2) is 5.16 Å². The topological polar surface area (TPSA) is 76.9 Å². The van der Waals surface area contributed by atoms with E-state index in [1.807, 2.05) is 0 Å². The molecule has 9 heteroatoms. The van der Waals surface area contributed by atoms with Gasteiger partial charge >= 0.3 is 0 Å². The molecule has 0 radical (unpaired) electrons. The highest BCUT2D eigenvalue weighted by Gasteiger charge is 2.19. The van der Waals surface area contributed by atoms with E-state index in [2.05, 4.69) is 21.9 Å². The van der Waals surface area contributed by atoms with Crippen LogP contribution in [0.25, 0.3) is 10.9 Å². The van der Waals surface area contributed by atoms with Gasteiger partial charge in [0, 0.05) is 17.8 Å². The van der Waals surface area contributed by atoms with Crippen molar-refractivity contribution in [3.8, 4) is 0 Å². The molecule has 0 bridgehead atoms. The van der Waals surface area contributed by atoms with Crippen molar-refractivity contribution in [2.45, 2.75) is 23.9 Å². The molecular formula is C19H16Cl2N4O2S. The summed E-state index contributed by atoms with van der Waals surface area (Å²) in [7, 11) is 0. The average Bonchev–Trinajstić information content (AvgIpc) is 2.66. The van der Waals surface area contributed by atoms with Gasteiger partial charge in [-0.05, 0) is 37.3 Å². The van der Waals surface area contributed by atoms with Crippen molar-refractivity contribution in [3.05, 3.63) is 69.6 Å². The lowest BCUT2D eigenvalue weighted by atomic mass is 10.2. The van der Waals surface area contributed by atoms with Gasteiger partial charge in [-0.1, -0.05) is 41.0 Å². The third kappa shape index (κ3) is 4.55. The number of nitrogens with zero attached hydrogens (tertiary/aromatic N) is 3. The molecule has 1 atom stereocenters. The zero-order valence-electron chi connectivity index (χ0n) is 14.9. The zero-order chi connectivity index (χ0) is 20.3. The smallest absolute Gasteiger partial charge is 0.262 e.